The van der Waals surface area contributed by atoms with E-state index in [0.717, 1.165) is 10.7 Å². The number of halogens is 4. The van der Waals surface area contributed by atoms with E-state index >= 15 is 0 Å². The third-order valence-electron chi connectivity index (χ3n) is 0.965. The predicted octanol–water partition coefficient (Wildman–Crippen LogP) is -12.1. The van der Waals surface area contributed by atoms with Crippen molar-refractivity contribution >= 4 is 71.0 Å². The quantitative estimate of drug-likeness (QED) is 0.0475. The molecule has 134 valence electrons. The van der Waals surface area contributed by atoms with Crippen LogP contribution in [0.15, 0.2) is 0 Å². The summed E-state index contributed by atoms with van der Waals surface area (Å²) in [6, 6.07) is 0. The van der Waals surface area contributed by atoms with E-state index in [9.17, 15) is 13.0 Å². The van der Waals surface area contributed by atoms with Gasteiger partial charge in [0.05, 0.1) is 10.1 Å². The average Bonchev–Trinajstić information content (AvgIpc) is 2.18. The average molecular weight is 690 g/mol. The van der Waals surface area contributed by atoms with Crippen LogP contribution in [0.3, 0.4) is 0 Å². The molecule has 16 heteroatoms. The minimum Gasteiger partial charge on any atom is -1.00 e. The molecule has 0 aliphatic rings. The molecule has 0 N–H and O–H groups in total. The molecule has 6 nitrogen and oxygen atoms in total. The second kappa shape index (κ2) is 51.6. The Morgan fingerprint density at radius 1 is 1.00 bits per heavy atom. The molecule has 0 rings (SSSR count). The van der Waals surface area contributed by atoms with Crippen molar-refractivity contribution in [3.8, 4) is 0 Å². The van der Waals surface area contributed by atoms with Gasteiger partial charge in [-0.25, -0.2) is 8.42 Å². The van der Waals surface area contributed by atoms with Crippen molar-refractivity contribution in [2.75, 3.05) is 22.2 Å². The van der Waals surface area contributed by atoms with Crippen LogP contribution in [-0.4, -0.2) is 35.1 Å². The normalized spacial score (nSPS) is 7.17. The summed E-state index contributed by atoms with van der Waals surface area (Å²) >= 11 is 7.21. The Kier molecular flexibility index (Phi) is 136. The third-order valence-corrected chi connectivity index (χ3v) is 3.48. The fourth-order valence-electron chi connectivity index (χ4n) is 0.399. The fourth-order valence-corrected chi connectivity index (χ4v) is 2.76. The Balaban J connectivity index is -0.0000000142. The van der Waals surface area contributed by atoms with Gasteiger partial charge < -0.3 is 28.2 Å². The monoisotopic (exact) mass is 686 g/mol. The Morgan fingerprint density at radius 3 is 1.58 bits per heavy atom. The van der Waals surface area contributed by atoms with Crippen LogP contribution in [0.1, 0.15) is 29.1 Å². The Bertz CT molecular complexity index is 251. The molecule has 0 bridgehead atoms. The van der Waals surface area contributed by atoms with Crippen LogP contribution in [-0.2, 0) is 19.5 Å². The van der Waals surface area contributed by atoms with Crippen molar-refractivity contribution in [3.05, 3.63) is 0 Å². The second-order valence-electron chi connectivity index (χ2n) is 2.30. The first-order valence-electron chi connectivity index (χ1n) is 4.11. The largest absolute Gasteiger partial charge is 1.00 e. The molecular weight excluding hydrogens is 668 g/mol. The number of hydrogen-bond donors (Lipinski definition) is 0. The molecular formula is C8H22Br4Na4O6S2. The summed E-state index contributed by atoms with van der Waals surface area (Å²) in [5, 5.41) is 14.3. The molecule has 0 heterocycles. The Morgan fingerprint density at radius 2 is 1.38 bits per heavy atom. The molecule has 24 heavy (non-hydrogen) atoms. The van der Waals surface area contributed by atoms with Gasteiger partial charge >= 0.3 is 118 Å². The minimum absolute atomic E-state index is 0. The van der Waals surface area contributed by atoms with Gasteiger partial charge in [-0.05, 0) is 12.8 Å². The molecule has 0 unspecified atom stereocenters. The van der Waals surface area contributed by atoms with Gasteiger partial charge in [-0.1, -0.05) is 46.7 Å². The topological polar surface area (TPSA) is 98.7 Å². The molecule has 0 aromatic heterocycles. The van der Waals surface area contributed by atoms with Gasteiger partial charge in [-0.2, -0.15) is 4.33 Å². The first-order valence-corrected chi connectivity index (χ1v) is 8.84. The van der Waals surface area contributed by atoms with Gasteiger partial charge in [-0.15, -0.1) is 17.0 Å². The zero-order chi connectivity index (χ0) is 12.9. The van der Waals surface area contributed by atoms with Crippen molar-refractivity contribution in [2.45, 2.75) is 27.7 Å². The van der Waals surface area contributed by atoms with E-state index < -0.39 is 15.9 Å². The van der Waals surface area contributed by atoms with Gasteiger partial charge in [0, 0.05) is 34.2 Å². The van der Waals surface area contributed by atoms with E-state index in [4.69, 9.17) is 5.26 Å². The Hall–Kier alpha value is 6.06. The van der Waals surface area contributed by atoms with Gasteiger partial charge in [0.25, 0.3) is 0 Å². The summed E-state index contributed by atoms with van der Waals surface area (Å²) in [6.07, 6.45) is 1.36. The summed E-state index contributed by atoms with van der Waals surface area (Å²) in [7, 11) is -4.15. The van der Waals surface area contributed by atoms with Crippen LogP contribution in [0.5, 0.6) is 0 Å². The molecule has 0 aliphatic carbocycles. The van der Waals surface area contributed by atoms with Crippen LogP contribution >= 0.6 is 60.9 Å². The second-order valence-corrected chi connectivity index (χ2v) is 6.19. The van der Waals surface area contributed by atoms with Crippen LogP contribution in [0.2, 0.25) is 0 Å². The summed E-state index contributed by atoms with van der Waals surface area (Å²) in [5.41, 5.74) is 0. The maximum atomic E-state index is 9.97. The van der Waals surface area contributed by atoms with E-state index in [1.54, 1.807) is 0 Å². The number of hydrogen-bond acceptors (Lipinski definition) is 7. The molecule has 0 spiro atoms. The van der Waals surface area contributed by atoms with Crippen LogP contribution in [0, 0.1) is 0 Å². The van der Waals surface area contributed by atoms with Crippen molar-refractivity contribution in [1.82, 2.24) is 0 Å². The zero-order valence-electron chi connectivity index (χ0n) is 14.1. The molecule has 0 atom stereocenters. The number of rotatable bonds is 8. The SMILES string of the molecule is Br.BrCCCBr.C.C.O=S(=O)([O-])CCCSOO[O-].[Br-].[H-].[Na+].[Na+].[Na+].[Na+]. The predicted molar refractivity (Wildman–Crippen MR) is 90.9 cm³/mol. The van der Waals surface area contributed by atoms with Crippen molar-refractivity contribution < 1.29 is 164 Å². The van der Waals surface area contributed by atoms with Gasteiger partial charge in [0.1, 0.15) is 0 Å². The summed E-state index contributed by atoms with van der Waals surface area (Å²) in [6.45, 7) is 0. The maximum absolute atomic E-state index is 9.97. The molecule has 0 aliphatic heterocycles. The summed E-state index contributed by atoms with van der Waals surface area (Å²) in [4.78, 5) is 0. The fraction of sp³-hybridized carbons (Fsp3) is 1.00. The molecule has 0 amide bonds. The smallest absolute Gasteiger partial charge is 1.00 e. The van der Waals surface area contributed by atoms with E-state index in [1.807, 2.05) is 0 Å². The number of alkyl halides is 2. The van der Waals surface area contributed by atoms with Crippen LogP contribution in [0.4, 0.5) is 0 Å². The molecule has 0 aromatic carbocycles. The maximum Gasteiger partial charge on any atom is 1.00 e. The Labute approximate surface area is 279 Å². The summed E-state index contributed by atoms with van der Waals surface area (Å²) in [5.74, 6) is -0.230. The van der Waals surface area contributed by atoms with Crippen LogP contribution in [0.25, 0.3) is 0 Å². The van der Waals surface area contributed by atoms with Crippen molar-refractivity contribution in [1.29, 1.82) is 0 Å². The zero-order valence-corrected chi connectivity index (χ0v) is 29.2. The molecule has 0 radical (unpaired) electrons. The van der Waals surface area contributed by atoms with E-state index in [0.29, 0.717) is 12.0 Å². The standard InChI is InChI=1S/C3H6Br2.C3H8O6S2.2CH4.2BrH.4Na.H/c4-2-1-3-5;4-8-9-10-2-1-3-11(5,6)7;;;;;;;;;/h1-3H2;4H,1-3H2,(H,5,6,7);2*1H4;2*1H;;;;;/q;;;;;;4*+1;-1/p-3. The van der Waals surface area contributed by atoms with E-state index in [2.05, 4.69) is 41.2 Å². The molecule has 0 fully saturated rings. The molecule has 0 aromatic rings. The van der Waals surface area contributed by atoms with E-state index in [-0.39, 0.29) is 181 Å². The molecule has 0 saturated heterocycles. The first-order chi connectivity index (χ1) is 7.47. The van der Waals surface area contributed by atoms with Gasteiger partial charge in [0.15, 0.2) is 0 Å². The third kappa shape index (κ3) is 79.7. The van der Waals surface area contributed by atoms with Gasteiger partial charge in [0.2, 0.25) is 0 Å². The summed E-state index contributed by atoms with van der Waals surface area (Å²) < 4.78 is 33.7. The van der Waals surface area contributed by atoms with Crippen LogP contribution < -0.4 is 140 Å². The van der Waals surface area contributed by atoms with Crippen molar-refractivity contribution in [3.63, 3.8) is 0 Å². The van der Waals surface area contributed by atoms with E-state index in [1.165, 1.54) is 6.42 Å². The van der Waals surface area contributed by atoms with Gasteiger partial charge in [-0.3, -0.25) is 5.04 Å². The van der Waals surface area contributed by atoms with Crippen molar-refractivity contribution in [2.24, 2.45) is 0 Å². The minimum atomic E-state index is -4.15. The first kappa shape index (κ1) is 63.1. The molecule has 0 saturated carbocycles.